The first kappa shape index (κ1) is 22.9. The van der Waals surface area contributed by atoms with Gasteiger partial charge in [-0.3, -0.25) is 9.69 Å². The van der Waals surface area contributed by atoms with Crippen molar-refractivity contribution in [3.63, 3.8) is 0 Å². The van der Waals surface area contributed by atoms with Crippen molar-refractivity contribution in [1.82, 2.24) is 9.88 Å². The molecule has 3 heterocycles. The average molecular weight is 468 g/mol. The molecule has 0 unspecified atom stereocenters. The molecular weight excluding hydrogens is 448 g/mol. The number of carbonyl (C=O) groups is 1. The Kier molecular flexibility index (Phi) is 5.97. The van der Waals surface area contributed by atoms with Crippen LogP contribution in [0.1, 0.15) is 12.0 Å². The lowest BCUT2D eigenvalue weighted by Crippen LogP contribution is -2.60. The lowest BCUT2D eigenvalue weighted by Gasteiger charge is -2.47. The van der Waals surface area contributed by atoms with Crippen LogP contribution in [-0.2, 0) is 19.8 Å². The van der Waals surface area contributed by atoms with Gasteiger partial charge in [-0.2, -0.15) is 4.39 Å². The summed E-state index contributed by atoms with van der Waals surface area (Å²) in [6, 6.07) is 2.12. The monoisotopic (exact) mass is 468 g/mol. The van der Waals surface area contributed by atoms with Crippen molar-refractivity contribution in [3.8, 4) is 11.5 Å². The van der Waals surface area contributed by atoms with Crippen LogP contribution in [0.2, 0.25) is 0 Å². The lowest BCUT2D eigenvalue weighted by atomic mass is 9.72. The minimum absolute atomic E-state index is 0.128. The van der Waals surface area contributed by atoms with Gasteiger partial charge in [0.2, 0.25) is 5.91 Å². The lowest BCUT2D eigenvalue weighted by molar-refractivity contribution is -0.148. The number of nitrogens with two attached hydrogens (primary N) is 1. The fourth-order valence-electron chi connectivity index (χ4n) is 4.07. The van der Waals surface area contributed by atoms with Gasteiger partial charge in [-0.1, -0.05) is 0 Å². The molecule has 1 aromatic heterocycles. The van der Waals surface area contributed by atoms with E-state index in [2.05, 4.69) is 9.98 Å². The first-order valence-corrected chi connectivity index (χ1v) is 9.88. The van der Waals surface area contributed by atoms with Crippen LogP contribution in [-0.4, -0.2) is 55.2 Å². The normalized spacial score (nSPS) is 25.0. The molecular formula is C21H20F4N4O4. The van der Waals surface area contributed by atoms with Gasteiger partial charge in [0.15, 0.2) is 23.3 Å². The minimum atomic E-state index is -1.63. The quantitative estimate of drug-likeness (QED) is 0.535. The standard InChI is InChI=1S/C21H20F4N4O4/c1-29-19(30)13-4-11(8-31-2)32-9-21(13,28-20(29)26)12-5-16(15(24)6-14(12)23)33-17-3-10(22)7-27-18(17)25/h3,5-7,11,13H,4,8-9H2,1-2H3,(H2,26,28)/t11-,13+,21-/m1/s1. The Hall–Kier alpha value is -3.25. The zero-order chi connectivity index (χ0) is 23.9. The van der Waals surface area contributed by atoms with E-state index in [1.54, 1.807) is 0 Å². The van der Waals surface area contributed by atoms with Crippen LogP contribution < -0.4 is 10.5 Å². The van der Waals surface area contributed by atoms with E-state index in [-0.39, 0.29) is 31.2 Å². The van der Waals surface area contributed by atoms with E-state index in [1.807, 2.05) is 0 Å². The van der Waals surface area contributed by atoms with Crippen LogP contribution in [0.4, 0.5) is 17.6 Å². The van der Waals surface area contributed by atoms with Gasteiger partial charge < -0.3 is 19.9 Å². The third-order valence-corrected chi connectivity index (χ3v) is 5.73. The van der Waals surface area contributed by atoms with Crippen molar-refractivity contribution in [3.05, 3.63) is 53.4 Å². The van der Waals surface area contributed by atoms with E-state index < -0.39 is 58.4 Å². The zero-order valence-electron chi connectivity index (χ0n) is 17.6. The Bertz CT molecular complexity index is 1130. The summed E-state index contributed by atoms with van der Waals surface area (Å²) < 4.78 is 73.1. The number of hydrogen-bond acceptors (Lipinski definition) is 7. The number of methoxy groups -OCH3 is 1. The molecule has 2 N–H and O–H groups in total. The number of pyridine rings is 1. The summed E-state index contributed by atoms with van der Waals surface area (Å²) in [5, 5.41) is 0. The fraction of sp³-hybridized carbons (Fsp3) is 0.381. The minimum Gasteiger partial charge on any atom is -0.449 e. The molecule has 2 aliphatic heterocycles. The molecule has 0 radical (unpaired) electrons. The molecule has 8 nitrogen and oxygen atoms in total. The number of halogens is 4. The largest absolute Gasteiger partial charge is 0.449 e. The number of ether oxygens (including phenoxy) is 3. The van der Waals surface area contributed by atoms with E-state index >= 15 is 4.39 Å². The first-order chi connectivity index (χ1) is 15.7. The third-order valence-electron chi connectivity index (χ3n) is 5.73. The summed E-state index contributed by atoms with van der Waals surface area (Å²) in [6.45, 7) is -0.0707. The number of amides is 1. The SMILES string of the molecule is COC[C@H]1C[C@H]2C(=O)N(C)C(N)=N[C@@]2(c2cc(Oc3cc(F)cnc3F)c(F)cc2F)CO1. The molecule has 0 aliphatic carbocycles. The Morgan fingerprint density at radius 2 is 1.97 bits per heavy atom. The van der Waals surface area contributed by atoms with Crippen molar-refractivity contribution in [2.75, 3.05) is 27.4 Å². The molecule has 0 bridgehead atoms. The number of rotatable bonds is 5. The maximum atomic E-state index is 15.1. The summed E-state index contributed by atoms with van der Waals surface area (Å²) in [6.07, 6.45) is 0.283. The van der Waals surface area contributed by atoms with Crippen LogP contribution in [0.5, 0.6) is 11.5 Å². The Balaban J connectivity index is 1.82. The summed E-state index contributed by atoms with van der Waals surface area (Å²) >= 11 is 0. The molecule has 176 valence electrons. The molecule has 2 aromatic rings. The highest BCUT2D eigenvalue weighted by atomic mass is 19.1. The van der Waals surface area contributed by atoms with Gasteiger partial charge in [-0.05, 0) is 12.5 Å². The molecule has 3 atom stereocenters. The van der Waals surface area contributed by atoms with E-state index in [0.717, 1.165) is 11.0 Å². The number of aliphatic imine (C=N–C) groups is 1. The average Bonchev–Trinajstić information content (AvgIpc) is 2.77. The number of fused-ring (bicyclic) bond motifs is 1. The van der Waals surface area contributed by atoms with Crippen molar-refractivity contribution in [2.45, 2.75) is 18.1 Å². The highest BCUT2D eigenvalue weighted by Gasteiger charge is 2.54. The molecule has 1 saturated heterocycles. The summed E-state index contributed by atoms with van der Waals surface area (Å²) in [5.41, 5.74) is 4.04. The molecule has 33 heavy (non-hydrogen) atoms. The zero-order valence-corrected chi connectivity index (χ0v) is 17.6. The second-order valence-corrected chi connectivity index (χ2v) is 7.78. The van der Waals surface area contributed by atoms with E-state index in [1.165, 1.54) is 14.2 Å². The summed E-state index contributed by atoms with van der Waals surface area (Å²) in [4.78, 5) is 21.8. The van der Waals surface area contributed by atoms with Crippen molar-refractivity contribution < 1.29 is 36.6 Å². The number of hydrogen-bond donors (Lipinski definition) is 1. The van der Waals surface area contributed by atoms with E-state index in [9.17, 15) is 18.0 Å². The van der Waals surface area contributed by atoms with Gasteiger partial charge in [0, 0.05) is 31.9 Å². The number of aromatic nitrogens is 1. The molecule has 12 heteroatoms. The highest BCUT2D eigenvalue weighted by Crippen LogP contribution is 2.46. The molecule has 4 rings (SSSR count). The van der Waals surface area contributed by atoms with Crippen LogP contribution in [0.25, 0.3) is 0 Å². The molecule has 0 saturated carbocycles. The van der Waals surface area contributed by atoms with Crippen LogP contribution in [0.15, 0.2) is 29.4 Å². The predicted octanol–water partition coefficient (Wildman–Crippen LogP) is 2.46. The smallest absolute Gasteiger partial charge is 0.256 e. The maximum Gasteiger partial charge on any atom is 0.256 e. The van der Waals surface area contributed by atoms with Gasteiger partial charge in [0.05, 0.1) is 31.4 Å². The number of guanidine groups is 1. The van der Waals surface area contributed by atoms with Crippen LogP contribution >= 0.6 is 0 Å². The van der Waals surface area contributed by atoms with E-state index in [0.29, 0.717) is 18.3 Å². The van der Waals surface area contributed by atoms with Crippen molar-refractivity contribution in [1.29, 1.82) is 0 Å². The molecule has 1 fully saturated rings. The van der Waals surface area contributed by atoms with Crippen molar-refractivity contribution >= 4 is 11.9 Å². The van der Waals surface area contributed by atoms with Gasteiger partial charge >= 0.3 is 0 Å². The third kappa shape index (κ3) is 4.00. The van der Waals surface area contributed by atoms with Crippen LogP contribution in [0, 0.1) is 29.3 Å². The fourth-order valence-corrected chi connectivity index (χ4v) is 4.07. The first-order valence-electron chi connectivity index (χ1n) is 9.88. The van der Waals surface area contributed by atoms with Crippen LogP contribution in [0.3, 0.4) is 0 Å². The predicted molar refractivity (Wildman–Crippen MR) is 106 cm³/mol. The Morgan fingerprint density at radius 1 is 1.21 bits per heavy atom. The molecule has 1 aromatic carbocycles. The second-order valence-electron chi connectivity index (χ2n) is 7.78. The molecule has 0 spiro atoms. The maximum absolute atomic E-state index is 15.1. The Morgan fingerprint density at radius 3 is 2.70 bits per heavy atom. The topological polar surface area (TPSA) is 99.3 Å². The second kappa shape index (κ2) is 8.60. The van der Waals surface area contributed by atoms with Gasteiger partial charge in [0.25, 0.3) is 5.95 Å². The number of carbonyl (C=O) groups excluding carboxylic acids is 1. The number of nitrogens with zero attached hydrogens (tertiary/aromatic N) is 3. The van der Waals surface area contributed by atoms with Crippen molar-refractivity contribution in [2.24, 2.45) is 16.6 Å². The summed E-state index contributed by atoms with van der Waals surface area (Å²) in [7, 11) is 2.90. The molecule has 1 amide bonds. The summed E-state index contributed by atoms with van der Waals surface area (Å²) in [5.74, 6) is -7.19. The van der Waals surface area contributed by atoms with Gasteiger partial charge in [-0.25, -0.2) is 23.1 Å². The Labute approximate surface area is 186 Å². The number of benzene rings is 1. The molecule has 2 aliphatic rings. The van der Waals surface area contributed by atoms with Gasteiger partial charge in [-0.15, -0.1) is 0 Å². The highest BCUT2D eigenvalue weighted by molar-refractivity contribution is 6.00. The van der Waals surface area contributed by atoms with E-state index in [4.69, 9.17) is 19.9 Å². The van der Waals surface area contributed by atoms with Gasteiger partial charge in [0.1, 0.15) is 17.2 Å².